The Balaban J connectivity index is 1.47. The molecule has 2 rings (SSSR count). The Morgan fingerprint density at radius 3 is 2.75 bits per heavy atom. The monoisotopic (exact) mass is 354 g/mol. The van der Waals surface area contributed by atoms with E-state index in [4.69, 9.17) is 4.52 Å². The summed E-state index contributed by atoms with van der Waals surface area (Å²) in [6.07, 6.45) is 3.54. The summed E-state index contributed by atoms with van der Waals surface area (Å²) >= 11 is 1.51. The van der Waals surface area contributed by atoms with Crippen LogP contribution in [0.5, 0.6) is 0 Å². The second-order valence-corrected chi connectivity index (χ2v) is 7.97. The Kier molecular flexibility index (Phi) is 8.05. The molecule has 24 heavy (non-hydrogen) atoms. The summed E-state index contributed by atoms with van der Waals surface area (Å²) in [6.45, 7) is 10.8. The second-order valence-electron chi connectivity index (χ2n) is 6.99. The van der Waals surface area contributed by atoms with Crippen LogP contribution < -0.4 is 5.32 Å². The van der Waals surface area contributed by atoms with Crippen LogP contribution in [0, 0.1) is 18.8 Å². The second kappa shape index (κ2) is 10.0. The molecule has 2 heterocycles. The molecule has 0 radical (unpaired) electrons. The van der Waals surface area contributed by atoms with Crippen LogP contribution in [-0.2, 0) is 10.5 Å². The molecule has 1 aromatic heterocycles. The van der Waals surface area contributed by atoms with Gasteiger partial charge < -0.3 is 14.7 Å². The third kappa shape index (κ3) is 7.21. The molecule has 2 unspecified atom stereocenters. The van der Waals surface area contributed by atoms with Gasteiger partial charge in [0.25, 0.3) is 0 Å². The largest absolute Gasteiger partial charge is 0.355 e. The van der Waals surface area contributed by atoms with Crippen molar-refractivity contribution < 1.29 is 9.32 Å². The topological polar surface area (TPSA) is 71.3 Å². The zero-order valence-corrected chi connectivity index (χ0v) is 15.9. The molecule has 0 bridgehead atoms. The van der Waals surface area contributed by atoms with Gasteiger partial charge in [0, 0.05) is 26.6 Å². The summed E-state index contributed by atoms with van der Waals surface area (Å²) in [6, 6.07) is 0. The third-order valence-electron chi connectivity index (χ3n) is 4.20. The van der Waals surface area contributed by atoms with Crippen molar-refractivity contribution in [3.63, 3.8) is 0 Å². The van der Waals surface area contributed by atoms with Crippen LogP contribution in [0.25, 0.3) is 0 Å². The fourth-order valence-corrected chi connectivity index (χ4v) is 4.04. The van der Waals surface area contributed by atoms with E-state index >= 15 is 0 Å². The van der Waals surface area contributed by atoms with Gasteiger partial charge >= 0.3 is 0 Å². The lowest BCUT2D eigenvalue weighted by molar-refractivity contribution is -0.118. The normalized spacial score (nSPS) is 21.8. The molecule has 1 saturated heterocycles. The molecule has 7 heteroatoms. The summed E-state index contributed by atoms with van der Waals surface area (Å²) in [7, 11) is 0. The Labute approximate surface area is 149 Å². The molecule has 2 atom stereocenters. The van der Waals surface area contributed by atoms with Gasteiger partial charge in [-0.3, -0.25) is 4.79 Å². The van der Waals surface area contributed by atoms with E-state index in [-0.39, 0.29) is 5.91 Å². The van der Waals surface area contributed by atoms with Crippen LogP contribution >= 0.6 is 11.8 Å². The van der Waals surface area contributed by atoms with E-state index in [0.717, 1.165) is 37.8 Å². The van der Waals surface area contributed by atoms with Gasteiger partial charge in [0.2, 0.25) is 11.8 Å². The van der Waals surface area contributed by atoms with Gasteiger partial charge in [-0.2, -0.15) is 4.98 Å². The van der Waals surface area contributed by atoms with Crippen molar-refractivity contribution in [2.45, 2.75) is 45.8 Å². The fourth-order valence-electron chi connectivity index (χ4n) is 3.35. The van der Waals surface area contributed by atoms with Crippen LogP contribution in [0.1, 0.15) is 44.8 Å². The molecule has 136 valence electrons. The number of amides is 1. The number of likely N-dealkylation sites (tertiary alicyclic amines) is 1. The lowest BCUT2D eigenvalue weighted by atomic mass is 9.92. The van der Waals surface area contributed by atoms with Gasteiger partial charge in [0.15, 0.2) is 5.82 Å². The molecule has 0 aromatic carbocycles. The van der Waals surface area contributed by atoms with Crippen molar-refractivity contribution in [3.8, 4) is 0 Å². The fraction of sp³-hybridized carbons (Fsp3) is 0.824. The molecule has 0 aliphatic carbocycles. The highest BCUT2D eigenvalue weighted by Crippen LogP contribution is 2.20. The van der Waals surface area contributed by atoms with Crippen molar-refractivity contribution >= 4 is 17.7 Å². The summed E-state index contributed by atoms with van der Waals surface area (Å²) in [5.41, 5.74) is 0. The van der Waals surface area contributed by atoms with E-state index in [0.29, 0.717) is 23.2 Å². The summed E-state index contributed by atoms with van der Waals surface area (Å²) in [5.74, 6) is 3.97. The van der Waals surface area contributed by atoms with Crippen molar-refractivity contribution in [1.29, 1.82) is 0 Å². The first kappa shape index (κ1) is 19.2. The van der Waals surface area contributed by atoms with Gasteiger partial charge in [-0.1, -0.05) is 19.0 Å². The van der Waals surface area contributed by atoms with Crippen LogP contribution in [-0.4, -0.2) is 52.9 Å². The average molecular weight is 355 g/mol. The summed E-state index contributed by atoms with van der Waals surface area (Å²) in [4.78, 5) is 18.5. The number of unbranched alkanes of at least 4 members (excludes halogenated alkanes) is 1. The SMILES string of the molecule is Cc1nc(CSCC(=O)NCCCCN2CC(C)CC(C)C2)no1. The lowest BCUT2D eigenvalue weighted by Gasteiger charge is -2.34. The minimum Gasteiger partial charge on any atom is -0.355 e. The summed E-state index contributed by atoms with van der Waals surface area (Å²) in [5, 5.41) is 6.80. The number of aromatic nitrogens is 2. The average Bonchev–Trinajstić information content (AvgIpc) is 2.91. The number of thioether (sulfide) groups is 1. The maximum atomic E-state index is 11.8. The number of aryl methyl sites for hydroxylation is 1. The molecule has 6 nitrogen and oxygen atoms in total. The molecule has 1 aromatic rings. The van der Waals surface area contributed by atoms with Crippen LogP contribution in [0.15, 0.2) is 4.52 Å². The first-order valence-corrected chi connectivity index (χ1v) is 10.0. The zero-order chi connectivity index (χ0) is 17.4. The molecular formula is C17H30N4O2S. The molecule has 0 saturated carbocycles. The van der Waals surface area contributed by atoms with Gasteiger partial charge in [-0.05, 0) is 37.6 Å². The van der Waals surface area contributed by atoms with Crippen LogP contribution in [0.4, 0.5) is 0 Å². The quantitative estimate of drug-likeness (QED) is 0.687. The predicted octanol–water partition coefficient (Wildman–Crippen LogP) is 2.49. The highest BCUT2D eigenvalue weighted by molar-refractivity contribution is 7.99. The molecule has 1 N–H and O–H groups in total. The Morgan fingerprint density at radius 1 is 1.33 bits per heavy atom. The van der Waals surface area contributed by atoms with E-state index in [1.54, 1.807) is 6.92 Å². The number of carbonyl (C=O) groups is 1. The summed E-state index contributed by atoms with van der Waals surface area (Å²) < 4.78 is 4.90. The minimum absolute atomic E-state index is 0.0837. The molecule has 1 aliphatic rings. The van der Waals surface area contributed by atoms with Crippen molar-refractivity contribution in [2.75, 3.05) is 31.9 Å². The third-order valence-corrected chi connectivity index (χ3v) is 5.13. The Morgan fingerprint density at radius 2 is 2.08 bits per heavy atom. The maximum absolute atomic E-state index is 11.8. The molecule has 1 amide bonds. The number of rotatable bonds is 9. The van der Waals surface area contributed by atoms with Gasteiger partial charge in [-0.15, -0.1) is 11.8 Å². The van der Waals surface area contributed by atoms with E-state index in [1.165, 1.54) is 31.3 Å². The highest BCUT2D eigenvalue weighted by atomic mass is 32.2. The minimum atomic E-state index is 0.0837. The van der Waals surface area contributed by atoms with E-state index < -0.39 is 0 Å². The molecule has 1 aliphatic heterocycles. The van der Waals surface area contributed by atoms with Gasteiger partial charge in [-0.25, -0.2) is 0 Å². The first-order chi connectivity index (χ1) is 11.5. The molecule has 0 spiro atoms. The molecular weight excluding hydrogens is 324 g/mol. The van der Waals surface area contributed by atoms with Crippen LogP contribution in [0.3, 0.4) is 0 Å². The zero-order valence-electron chi connectivity index (χ0n) is 15.1. The van der Waals surface area contributed by atoms with E-state index in [1.807, 2.05) is 0 Å². The molecule has 1 fully saturated rings. The maximum Gasteiger partial charge on any atom is 0.230 e. The lowest BCUT2D eigenvalue weighted by Crippen LogP contribution is -2.39. The number of piperidine rings is 1. The van der Waals surface area contributed by atoms with Crippen molar-refractivity contribution in [2.24, 2.45) is 11.8 Å². The Bertz CT molecular complexity index is 499. The number of nitrogens with zero attached hydrogens (tertiary/aromatic N) is 3. The smallest absolute Gasteiger partial charge is 0.230 e. The number of hydrogen-bond acceptors (Lipinski definition) is 6. The van der Waals surface area contributed by atoms with E-state index in [2.05, 4.69) is 34.2 Å². The van der Waals surface area contributed by atoms with Gasteiger partial charge in [0.05, 0.1) is 11.5 Å². The number of carbonyl (C=O) groups excluding carboxylic acids is 1. The standard InChI is InChI=1S/C17H30N4O2S/c1-13-8-14(2)10-21(9-13)7-5-4-6-18-17(22)12-24-11-16-19-15(3)23-20-16/h13-14H,4-12H2,1-3H3,(H,18,22). The Hall–Kier alpha value is -1.08. The van der Waals surface area contributed by atoms with Crippen molar-refractivity contribution in [1.82, 2.24) is 20.4 Å². The van der Waals surface area contributed by atoms with Gasteiger partial charge in [0.1, 0.15) is 0 Å². The first-order valence-electron chi connectivity index (χ1n) is 8.89. The van der Waals surface area contributed by atoms with E-state index in [9.17, 15) is 4.79 Å². The highest BCUT2D eigenvalue weighted by Gasteiger charge is 2.20. The van der Waals surface area contributed by atoms with Crippen LogP contribution in [0.2, 0.25) is 0 Å². The number of nitrogens with one attached hydrogen (secondary N) is 1. The predicted molar refractivity (Wildman–Crippen MR) is 96.8 cm³/mol. The van der Waals surface area contributed by atoms with Crippen molar-refractivity contribution in [3.05, 3.63) is 11.7 Å². The number of hydrogen-bond donors (Lipinski definition) is 1.